The number of carbonyl (C=O) groups excluding carboxylic acids is 4. The molecule has 1 aromatic rings. The van der Waals surface area contributed by atoms with Gasteiger partial charge in [-0.2, -0.15) is 23.1 Å². The summed E-state index contributed by atoms with van der Waals surface area (Å²) in [6.45, 7) is 0.928. The lowest BCUT2D eigenvalue weighted by atomic mass is 9.70. The summed E-state index contributed by atoms with van der Waals surface area (Å²) < 4.78 is 43.3. The lowest BCUT2D eigenvalue weighted by molar-refractivity contribution is -0.269. The van der Waals surface area contributed by atoms with Gasteiger partial charge in [-0.25, -0.2) is 9.59 Å². The van der Waals surface area contributed by atoms with Crippen molar-refractivity contribution in [3.05, 3.63) is 59.0 Å². The molecule has 34 heavy (non-hydrogen) atoms. The molecule has 10 nitrogen and oxygen atoms in total. The summed E-state index contributed by atoms with van der Waals surface area (Å²) in [6.07, 6.45) is -3.14. The number of halogens is 3. The molecule has 1 fully saturated rings. The quantitative estimate of drug-likeness (QED) is 0.478. The summed E-state index contributed by atoms with van der Waals surface area (Å²) in [5, 5.41) is 1.06. The number of nitrogens with two attached hydrogens (primary N) is 1. The van der Waals surface area contributed by atoms with Crippen molar-refractivity contribution in [3.63, 3.8) is 0 Å². The highest BCUT2D eigenvalue weighted by molar-refractivity contribution is 6.17. The second-order valence-corrected chi connectivity index (χ2v) is 7.91. The molecule has 0 amide bonds. The number of carbonyl (C=O) groups is 4. The van der Waals surface area contributed by atoms with Gasteiger partial charge in [-0.05, 0) is 13.0 Å². The van der Waals surface area contributed by atoms with Gasteiger partial charge in [0.15, 0.2) is 23.0 Å². The first-order valence-corrected chi connectivity index (χ1v) is 9.99. The molecule has 13 heteroatoms. The van der Waals surface area contributed by atoms with Crippen molar-refractivity contribution in [2.75, 3.05) is 13.2 Å². The molecule has 1 saturated heterocycles. The monoisotopic (exact) mass is 481 g/mol. The molecule has 0 bridgehead atoms. The van der Waals surface area contributed by atoms with E-state index in [1.165, 1.54) is 31.2 Å². The lowest BCUT2D eigenvalue weighted by Gasteiger charge is -2.39. The van der Waals surface area contributed by atoms with E-state index < -0.39 is 52.9 Å². The third-order valence-corrected chi connectivity index (χ3v) is 5.63. The zero-order valence-electron chi connectivity index (χ0n) is 17.5. The Balaban J connectivity index is 1.81. The molecule has 2 unspecified atom stereocenters. The van der Waals surface area contributed by atoms with E-state index in [0.717, 1.165) is 11.1 Å². The van der Waals surface area contributed by atoms with Crippen LogP contribution in [0.1, 0.15) is 27.6 Å². The van der Waals surface area contributed by atoms with Gasteiger partial charge in [-0.3, -0.25) is 14.5 Å². The molecule has 1 aliphatic heterocycles. The molecule has 3 atom stereocenters. The molecule has 180 valence electrons. The number of hydrogen-bond donors (Lipinski definition) is 2. The molecule has 0 spiro atoms. The van der Waals surface area contributed by atoms with Crippen molar-refractivity contribution in [1.82, 2.24) is 10.4 Å². The summed E-state index contributed by atoms with van der Waals surface area (Å²) in [6, 6.07) is 5.98. The number of allylic oxidation sites excluding steroid dienone is 3. The van der Waals surface area contributed by atoms with E-state index in [1.807, 2.05) is 0 Å². The third-order valence-electron chi connectivity index (χ3n) is 5.63. The van der Waals surface area contributed by atoms with Crippen LogP contribution in [0.25, 0.3) is 0 Å². The number of hydrazine groups is 1. The van der Waals surface area contributed by atoms with Crippen molar-refractivity contribution >= 4 is 23.5 Å². The first kappa shape index (κ1) is 23.6. The largest absolute Gasteiger partial charge is 0.491 e. The number of alkyl halides is 3. The Kier molecular flexibility index (Phi) is 5.79. The Morgan fingerprint density at radius 1 is 1.21 bits per heavy atom. The third kappa shape index (κ3) is 3.97. The first-order valence-electron chi connectivity index (χ1n) is 9.99. The second-order valence-electron chi connectivity index (χ2n) is 7.91. The van der Waals surface area contributed by atoms with Crippen LogP contribution in [0.3, 0.4) is 0 Å². The van der Waals surface area contributed by atoms with Crippen LogP contribution in [-0.2, 0) is 24.1 Å². The average molecular weight is 481 g/mol. The number of ketones is 2. The van der Waals surface area contributed by atoms with Crippen LogP contribution in [0, 0.1) is 11.8 Å². The molecule has 0 saturated carbocycles. The SMILES string of the molecule is C[C@@]1(N)C(=O)OOCCN1NC1=C(OC(=O)C(F)(F)F)C=CC2C(=O)c3ccccc3C(=O)C12. The van der Waals surface area contributed by atoms with Crippen molar-refractivity contribution < 1.29 is 46.9 Å². The van der Waals surface area contributed by atoms with Gasteiger partial charge in [0.1, 0.15) is 6.61 Å². The van der Waals surface area contributed by atoms with E-state index in [2.05, 4.69) is 15.1 Å². The smallest absolute Gasteiger partial charge is 0.418 e. The maximum absolute atomic E-state index is 13.4. The molecular weight excluding hydrogens is 463 g/mol. The molecule has 4 rings (SSSR count). The molecule has 3 N–H and O–H groups in total. The van der Waals surface area contributed by atoms with E-state index in [9.17, 15) is 32.3 Å². The Bertz CT molecular complexity index is 1140. The number of nitrogens with one attached hydrogen (secondary N) is 1. The minimum absolute atomic E-state index is 0.0546. The zero-order chi connectivity index (χ0) is 24.8. The maximum Gasteiger partial charge on any atom is 0.491 e. The number of Topliss-reactive ketones (excluding diaryl/α,β-unsaturated/α-hetero) is 2. The van der Waals surface area contributed by atoms with Crippen LogP contribution in [-0.4, -0.2) is 53.5 Å². The molecule has 1 aromatic carbocycles. The standard InChI is InChI=1S/C21H18F3N3O7/c1-20(25)18(30)34-32-9-8-27(20)26-15-13(33-19(31)21(22,23)24)7-6-12-14(15)17(29)11-5-3-2-4-10(11)16(12)28/h2-7,12,14,26H,8-9,25H2,1H3/t12?,14?,20-/m0/s1. The van der Waals surface area contributed by atoms with E-state index in [-0.39, 0.29) is 30.0 Å². The fraction of sp³-hybridized carbons (Fsp3) is 0.333. The Morgan fingerprint density at radius 2 is 1.85 bits per heavy atom. The zero-order valence-corrected chi connectivity index (χ0v) is 17.5. The number of esters is 1. The van der Waals surface area contributed by atoms with Crippen LogP contribution in [0.4, 0.5) is 13.2 Å². The number of nitrogens with zero attached hydrogens (tertiary/aromatic N) is 1. The van der Waals surface area contributed by atoms with Gasteiger partial charge in [0, 0.05) is 17.7 Å². The van der Waals surface area contributed by atoms with Gasteiger partial charge in [-0.1, -0.05) is 30.3 Å². The predicted octanol–water partition coefficient (Wildman–Crippen LogP) is 1.15. The van der Waals surface area contributed by atoms with Crippen LogP contribution >= 0.6 is 0 Å². The summed E-state index contributed by atoms with van der Waals surface area (Å²) >= 11 is 0. The number of benzene rings is 1. The molecule has 3 aliphatic rings. The van der Waals surface area contributed by atoms with E-state index in [0.29, 0.717) is 0 Å². The number of ether oxygens (including phenoxy) is 1. The summed E-state index contributed by atoms with van der Waals surface area (Å²) in [5.74, 6) is -7.75. The Hall–Kier alpha value is -3.55. The van der Waals surface area contributed by atoms with Crippen molar-refractivity contribution in [3.8, 4) is 0 Å². The molecule has 2 aliphatic carbocycles. The Morgan fingerprint density at radius 3 is 2.50 bits per heavy atom. The molecular formula is C21H18F3N3O7. The fourth-order valence-corrected chi connectivity index (χ4v) is 3.86. The second kappa shape index (κ2) is 8.34. The van der Waals surface area contributed by atoms with Gasteiger partial charge in [0.2, 0.25) is 0 Å². The minimum atomic E-state index is -5.33. The van der Waals surface area contributed by atoms with E-state index in [1.54, 1.807) is 6.07 Å². The van der Waals surface area contributed by atoms with Gasteiger partial charge in [-0.15, -0.1) is 0 Å². The summed E-state index contributed by atoms with van der Waals surface area (Å²) in [5.41, 5.74) is 6.64. The summed E-state index contributed by atoms with van der Waals surface area (Å²) in [4.78, 5) is 59.5. The first-order chi connectivity index (χ1) is 15.9. The van der Waals surface area contributed by atoms with Crippen LogP contribution in [0.15, 0.2) is 47.9 Å². The van der Waals surface area contributed by atoms with Gasteiger partial charge < -0.3 is 15.9 Å². The number of rotatable bonds is 3. The highest BCUT2D eigenvalue weighted by Gasteiger charge is 2.49. The van der Waals surface area contributed by atoms with Crippen molar-refractivity contribution in [2.24, 2.45) is 17.6 Å². The van der Waals surface area contributed by atoms with E-state index >= 15 is 0 Å². The normalized spacial score (nSPS) is 27.5. The highest BCUT2D eigenvalue weighted by Crippen LogP contribution is 2.40. The van der Waals surface area contributed by atoms with Crippen LogP contribution in [0.5, 0.6) is 0 Å². The van der Waals surface area contributed by atoms with Crippen molar-refractivity contribution in [1.29, 1.82) is 0 Å². The minimum Gasteiger partial charge on any atom is -0.418 e. The molecule has 1 heterocycles. The van der Waals surface area contributed by atoms with Gasteiger partial charge in [0.05, 0.1) is 17.5 Å². The molecule has 0 radical (unpaired) electrons. The van der Waals surface area contributed by atoms with Gasteiger partial charge >= 0.3 is 18.1 Å². The predicted molar refractivity (Wildman–Crippen MR) is 105 cm³/mol. The highest BCUT2D eigenvalue weighted by atomic mass is 19.4. The topological polar surface area (TPSA) is 137 Å². The Labute approximate surface area is 190 Å². The average Bonchev–Trinajstić information content (AvgIpc) is 2.90. The lowest BCUT2D eigenvalue weighted by Crippen LogP contribution is -2.64. The van der Waals surface area contributed by atoms with Crippen LogP contribution < -0.4 is 11.2 Å². The number of fused-ring (bicyclic) bond motifs is 2. The molecule has 0 aromatic heterocycles. The van der Waals surface area contributed by atoms with Crippen LogP contribution in [0.2, 0.25) is 0 Å². The maximum atomic E-state index is 13.4. The van der Waals surface area contributed by atoms with Crippen molar-refractivity contribution in [2.45, 2.75) is 18.8 Å². The number of hydrogen-bond acceptors (Lipinski definition) is 10. The summed E-state index contributed by atoms with van der Waals surface area (Å²) in [7, 11) is 0. The van der Waals surface area contributed by atoms with E-state index in [4.69, 9.17) is 10.6 Å². The fourth-order valence-electron chi connectivity index (χ4n) is 3.86. The van der Waals surface area contributed by atoms with Gasteiger partial charge in [0.25, 0.3) is 0 Å².